The Labute approximate surface area is 82.6 Å². The van der Waals surface area contributed by atoms with Gasteiger partial charge in [0.25, 0.3) is 0 Å². The third kappa shape index (κ3) is 1.51. The standard InChI is InChI=1S/C10H11N4/c1-8-5-3-4-6-10(8)9(2)14-12-7-11-13-14/h3-6,9H,1-2H3. The highest BCUT2D eigenvalue weighted by molar-refractivity contribution is 5.28. The van der Waals surface area contributed by atoms with E-state index in [2.05, 4.69) is 40.8 Å². The minimum absolute atomic E-state index is 0.106. The van der Waals surface area contributed by atoms with Crippen molar-refractivity contribution in [1.29, 1.82) is 0 Å². The molecule has 2 rings (SSSR count). The number of aryl methyl sites for hydroxylation is 1. The molecule has 0 spiro atoms. The van der Waals surface area contributed by atoms with Crippen LogP contribution < -0.4 is 0 Å². The first-order valence-corrected chi connectivity index (χ1v) is 4.50. The fourth-order valence-corrected chi connectivity index (χ4v) is 1.50. The summed E-state index contributed by atoms with van der Waals surface area (Å²) in [6.45, 7) is 4.12. The second-order valence-corrected chi connectivity index (χ2v) is 3.24. The summed E-state index contributed by atoms with van der Waals surface area (Å²) in [6.07, 6.45) is 2.45. The van der Waals surface area contributed by atoms with Crippen LogP contribution in [0.4, 0.5) is 0 Å². The van der Waals surface area contributed by atoms with Crippen LogP contribution in [0.5, 0.6) is 0 Å². The molecule has 0 aliphatic rings. The van der Waals surface area contributed by atoms with Crippen LogP contribution >= 0.6 is 0 Å². The first-order valence-electron chi connectivity index (χ1n) is 4.50. The highest BCUT2D eigenvalue weighted by Gasteiger charge is 2.11. The average Bonchev–Trinajstić information content (AvgIpc) is 2.70. The Hall–Kier alpha value is -1.71. The van der Waals surface area contributed by atoms with Crippen LogP contribution in [0.1, 0.15) is 24.1 Å². The van der Waals surface area contributed by atoms with Gasteiger partial charge in [-0.15, -0.1) is 10.2 Å². The molecular formula is C10H11N4. The van der Waals surface area contributed by atoms with Gasteiger partial charge in [-0.25, -0.2) is 0 Å². The molecule has 0 amide bonds. The van der Waals surface area contributed by atoms with E-state index in [4.69, 9.17) is 0 Å². The maximum atomic E-state index is 3.90. The van der Waals surface area contributed by atoms with Crippen LogP contribution in [0.3, 0.4) is 0 Å². The van der Waals surface area contributed by atoms with Crippen LogP contribution in [-0.4, -0.2) is 20.2 Å². The van der Waals surface area contributed by atoms with Crippen molar-refractivity contribution in [2.45, 2.75) is 19.9 Å². The molecule has 1 atom stereocenters. The van der Waals surface area contributed by atoms with Gasteiger partial charge in [0.15, 0.2) is 0 Å². The molecule has 4 nitrogen and oxygen atoms in total. The fraction of sp³-hybridized carbons (Fsp3) is 0.300. The van der Waals surface area contributed by atoms with Crippen LogP contribution in [0.25, 0.3) is 0 Å². The molecule has 1 heterocycles. The maximum absolute atomic E-state index is 3.90. The zero-order chi connectivity index (χ0) is 9.97. The minimum atomic E-state index is 0.106. The van der Waals surface area contributed by atoms with Gasteiger partial charge in [-0.2, -0.15) is 4.80 Å². The van der Waals surface area contributed by atoms with E-state index in [1.165, 1.54) is 11.1 Å². The van der Waals surface area contributed by atoms with Crippen molar-refractivity contribution < 1.29 is 0 Å². The van der Waals surface area contributed by atoms with Crippen LogP contribution in [0.2, 0.25) is 0 Å². The Morgan fingerprint density at radius 3 is 2.79 bits per heavy atom. The van der Waals surface area contributed by atoms with Gasteiger partial charge in [0.05, 0.1) is 6.04 Å². The normalized spacial score (nSPS) is 12.7. The SMILES string of the molecule is Cc1ccccc1C(C)n1n[c]nn1. The summed E-state index contributed by atoms with van der Waals surface area (Å²) < 4.78 is 0. The number of tetrazole rings is 1. The molecule has 1 radical (unpaired) electrons. The molecule has 0 saturated carbocycles. The molecule has 0 aliphatic carbocycles. The first kappa shape index (κ1) is 8.87. The predicted molar refractivity (Wildman–Crippen MR) is 51.6 cm³/mol. The van der Waals surface area contributed by atoms with Gasteiger partial charge in [0.1, 0.15) is 0 Å². The third-order valence-corrected chi connectivity index (χ3v) is 2.31. The van der Waals surface area contributed by atoms with E-state index in [9.17, 15) is 0 Å². The molecule has 0 aliphatic heterocycles. The van der Waals surface area contributed by atoms with Crippen molar-refractivity contribution in [1.82, 2.24) is 20.2 Å². The van der Waals surface area contributed by atoms with Gasteiger partial charge < -0.3 is 0 Å². The molecule has 2 aromatic rings. The highest BCUT2D eigenvalue weighted by atomic mass is 15.6. The van der Waals surface area contributed by atoms with Gasteiger partial charge in [0, 0.05) is 0 Å². The minimum Gasteiger partial charge on any atom is -0.156 e. The van der Waals surface area contributed by atoms with Crippen molar-refractivity contribution in [3.63, 3.8) is 0 Å². The smallest absolute Gasteiger partial charge is 0.156 e. The molecule has 1 aromatic carbocycles. The lowest BCUT2D eigenvalue weighted by Gasteiger charge is -2.12. The lowest BCUT2D eigenvalue weighted by atomic mass is 10.0. The van der Waals surface area contributed by atoms with Crippen LogP contribution in [-0.2, 0) is 0 Å². The average molecular weight is 187 g/mol. The summed E-state index contributed by atoms with van der Waals surface area (Å²) in [6, 6.07) is 8.29. The van der Waals surface area contributed by atoms with Gasteiger partial charge in [-0.1, -0.05) is 24.3 Å². The lowest BCUT2D eigenvalue weighted by molar-refractivity contribution is 0.478. The van der Waals surface area contributed by atoms with Crippen molar-refractivity contribution in [3.05, 3.63) is 41.7 Å². The quantitative estimate of drug-likeness (QED) is 0.713. The number of rotatable bonds is 2. The summed E-state index contributed by atoms with van der Waals surface area (Å²) in [7, 11) is 0. The van der Waals surface area contributed by atoms with E-state index >= 15 is 0 Å². The largest absolute Gasteiger partial charge is 0.245 e. The van der Waals surface area contributed by atoms with Crippen molar-refractivity contribution in [2.24, 2.45) is 0 Å². The molecule has 0 saturated heterocycles. The van der Waals surface area contributed by atoms with Crippen LogP contribution in [0.15, 0.2) is 24.3 Å². The Balaban J connectivity index is 2.37. The monoisotopic (exact) mass is 187 g/mol. The Kier molecular flexibility index (Phi) is 2.26. The zero-order valence-electron chi connectivity index (χ0n) is 8.18. The molecule has 14 heavy (non-hydrogen) atoms. The number of hydrogen-bond acceptors (Lipinski definition) is 3. The number of aromatic nitrogens is 4. The van der Waals surface area contributed by atoms with E-state index in [0.29, 0.717) is 0 Å². The van der Waals surface area contributed by atoms with Crippen LogP contribution in [0, 0.1) is 13.3 Å². The zero-order valence-corrected chi connectivity index (χ0v) is 8.18. The summed E-state index contributed by atoms with van der Waals surface area (Å²) in [5.41, 5.74) is 2.44. The van der Waals surface area contributed by atoms with E-state index < -0.39 is 0 Å². The highest BCUT2D eigenvalue weighted by Crippen LogP contribution is 2.18. The first-order chi connectivity index (χ1) is 6.79. The summed E-state index contributed by atoms with van der Waals surface area (Å²) in [5, 5.41) is 11.3. The number of nitrogens with zero attached hydrogens (tertiary/aromatic N) is 4. The second-order valence-electron chi connectivity index (χ2n) is 3.24. The Bertz CT molecular complexity index is 408. The summed E-state index contributed by atoms with van der Waals surface area (Å²) >= 11 is 0. The number of benzene rings is 1. The lowest BCUT2D eigenvalue weighted by Crippen LogP contribution is -2.11. The van der Waals surface area contributed by atoms with Crippen molar-refractivity contribution in [2.75, 3.05) is 0 Å². The molecule has 71 valence electrons. The molecule has 0 fully saturated rings. The van der Waals surface area contributed by atoms with Gasteiger partial charge in [-0.05, 0) is 30.2 Å². The molecule has 1 unspecified atom stereocenters. The molecule has 0 bridgehead atoms. The summed E-state index contributed by atoms with van der Waals surface area (Å²) in [4.78, 5) is 1.56. The van der Waals surface area contributed by atoms with E-state index in [1.54, 1.807) is 4.80 Å². The van der Waals surface area contributed by atoms with Gasteiger partial charge in [0.2, 0.25) is 6.33 Å². The van der Waals surface area contributed by atoms with E-state index in [-0.39, 0.29) is 6.04 Å². The van der Waals surface area contributed by atoms with E-state index in [0.717, 1.165) is 0 Å². The third-order valence-electron chi connectivity index (χ3n) is 2.31. The van der Waals surface area contributed by atoms with Gasteiger partial charge >= 0.3 is 0 Å². The number of hydrogen-bond donors (Lipinski definition) is 0. The van der Waals surface area contributed by atoms with Crippen molar-refractivity contribution in [3.8, 4) is 0 Å². The van der Waals surface area contributed by atoms with E-state index in [1.807, 2.05) is 19.1 Å². The Morgan fingerprint density at radius 2 is 2.14 bits per heavy atom. The molecule has 0 N–H and O–H groups in total. The molecular weight excluding hydrogens is 176 g/mol. The summed E-state index contributed by atoms with van der Waals surface area (Å²) in [5.74, 6) is 0. The van der Waals surface area contributed by atoms with Gasteiger partial charge in [-0.3, -0.25) is 0 Å². The Morgan fingerprint density at radius 1 is 1.36 bits per heavy atom. The predicted octanol–water partition coefficient (Wildman–Crippen LogP) is 1.39. The second kappa shape index (κ2) is 3.57. The molecule has 4 heteroatoms. The fourth-order valence-electron chi connectivity index (χ4n) is 1.50. The molecule has 1 aromatic heterocycles. The topological polar surface area (TPSA) is 43.6 Å². The maximum Gasteiger partial charge on any atom is 0.245 e. The van der Waals surface area contributed by atoms with Crippen molar-refractivity contribution >= 4 is 0 Å².